The van der Waals surface area contributed by atoms with Crippen LogP contribution in [0, 0.1) is 0 Å². The summed E-state index contributed by atoms with van der Waals surface area (Å²) in [7, 11) is -4.30. The van der Waals surface area contributed by atoms with Crippen molar-refractivity contribution in [3.8, 4) is 5.75 Å². The highest BCUT2D eigenvalue weighted by atomic mass is 32.3. The van der Waals surface area contributed by atoms with Gasteiger partial charge in [0.15, 0.2) is 0 Å². The van der Waals surface area contributed by atoms with Crippen LogP contribution in [0.2, 0.25) is 0 Å². The van der Waals surface area contributed by atoms with Gasteiger partial charge in [0.25, 0.3) is 0 Å². The van der Waals surface area contributed by atoms with E-state index in [1.54, 1.807) is 18.2 Å². The number of carbonyl (C=O) groups is 1. The van der Waals surface area contributed by atoms with Gasteiger partial charge >= 0.3 is 16.4 Å². The first-order valence-corrected chi connectivity index (χ1v) is 5.58. The molecule has 0 saturated heterocycles. The van der Waals surface area contributed by atoms with E-state index in [9.17, 15) is 13.2 Å². The van der Waals surface area contributed by atoms with E-state index in [0.717, 1.165) is 0 Å². The summed E-state index contributed by atoms with van der Waals surface area (Å²) in [5.41, 5.74) is 0. The van der Waals surface area contributed by atoms with E-state index in [1.807, 2.05) is 0 Å². The molecule has 1 aromatic rings. The van der Waals surface area contributed by atoms with Crippen molar-refractivity contribution < 1.29 is 21.6 Å². The second-order valence-corrected chi connectivity index (χ2v) is 3.76. The van der Waals surface area contributed by atoms with Crippen LogP contribution in [0.15, 0.2) is 30.3 Å². The van der Waals surface area contributed by atoms with Crippen LogP contribution in [0.25, 0.3) is 0 Å². The van der Waals surface area contributed by atoms with Crippen LogP contribution in [-0.4, -0.2) is 14.4 Å². The number of rotatable bonds is 4. The van der Waals surface area contributed by atoms with E-state index in [0.29, 0.717) is 0 Å². The molecule has 0 saturated carbocycles. The van der Waals surface area contributed by atoms with E-state index in [2.05, 4.69) is 8.37 Å². The lowest BCUT2D eigenvalue weighted by molar-refractivity contribution is -0.133. The molecule has 0 atom stereocenters. The van der Waals surface area contributed by atoms with Crippen LogP contribution >= 0.6 is 0 Å². The van der Waals surface area contributed by atoms with Crippen LogP contribution in [0.1, 0.15) is 13.3 Å². The largest absolute Gasteiger partial charge is 0.503 e. The van der Waals surface area contributed by atoms with Crippen molar-refractivity contribution >= 4 is 16.4 Å². The van der Waals surface area contributed by atoms with Gasteiger partial charge in [0.2, 0.25) is 0 Å². The fourth-order valence-corrected chi connectivity index (χ4v) is 1.51. The Morgan fingerprint density at radius 1 is 1.27 bits per heavy atom. The fraction of sp³-hybridized carbons (Fsp3) is 0.222. The molecule has 0 aromatic heterocycles. The molecule has 0 spiro atoms. The summed E-state index contributed by atoms with van der Waals surface area (Å²) in [6.45, 7) is 1.49. The molecule has 1 aromatic carbocycles. The van der Waals surface area contributed by atoms with Crippen molar-refractivity contribution in [2.75, 3.05) is 0 Å². The van der Waals surface area contributed by atoms with Crippen LogP contribution < -0.4 is 4.18 Å². The lowest BCUT2D eigenvalue weighted by atomic mass is 10.3. The molecule has 1 rings (SSSR count). The molecule has 0 bridgehead atoms. The summed E-state index contributed by atoms with van der Waals surface area (Å²) < 4.78 is 30.8. The lowest BCUT2D eigenvalue weighted by Gasteiger charge is -2.05. The van der Waals surface area contributed by atoms with Crippen LogP contribution in [-0.2, 0) is 19.4 Å². The van der Waals surface area contributed by atoms with Gasteiger partial charge in [-0.15, -0.1) is 8.42 Å². The smallest absolute Gasteiger partial charge is 0.353 e. The Hall–Kier alpha value is -1.56. The molecule has 0 N–H and O–H groups in total. The number of hydrogen-bond donors (Lipinski definition) is 0. The van der Waals surface area contributed by atoms with E-state index < -0.39 is 16.4 Å². The van der Waals surface area contributed by atoms with Gasteiger partial charge in [0, 0.05) is 6.42 Å². The highest BCUT2D eigenvalue weighted by Crippen LogP contribution is 2.12. The molecule has 0 unspecified atom stereocenters. The van der Waals surface area contributed by atoms with E-state index in [1.165, 1.54) is 19.1 Å². The lowest BCUT2D eigenvalue weighted by Crippen LogP contribution is -2.17. The zero-order valence-electron chi connectivity index (χ0n) is 8.04. The van der Waals surface area contributed by atoms with E-state index in [4.69, 9.17) is 0 Å². The highest BCUT2D eigenvalue weighted by Gasteiger charge is 2.18. The maximum atomic E-state index is 11.1. The summed E-state index contributed by atoms with van der Waals surface area (Å²) in [4.78, 5) is 10.7. The molecule has 0 aliphatic heterocycles. The zero-order valence-corrected chi connectivity index (χ0v) is 8.86. The molecule has 0 amide bonds. The van der Waals surface area contributed by atoms with Gasteiger partial charge in [0.1, 0.15) is 5.75 Å². The minimum absolute atomic E-state index is 0.0304. The summed E-state index contributed by atoms with van der Waals surface area (Å²) in [5, 5.41) is 0. The molecule has 0 fully saturated rings. The fourth-order valence-electron chi connectivity index (χ4n) is 0.784. The predicted molar refractivity (Wildman–Crippen MR) is 52.4 cm³/mol. The van der Waals surface area contributed by atoms with Gasteiger partial charge in [-0.2, -0.15) is 0 Å². The SMILES string of the molecule is CCC(=O)OS(=O)(=O)Oc1ccccc1. The van der Waals surface area contributed by atoms with Gasteiger partial charge in [-0.25, -0.2) is 0 Å². The molecule has 0 radical (unpaired) electrons. The normalized spacial score (nSPS) is 10.7. The Balaban J connectivity index is 2.69. The molecule has 0 aliphatic rings. The van der Waals surface area contributed by atoms with E-state index >= 15 is 0 Å². The summed E-state index contributed by atoms with van der Waals surface area (Å²) in [5.74, 6) is -0.757. The highest BCUT2D eigenvalue weighted by molar-refractivity contribution is 7.82. The Bertz CT molecular complexity index is 423. The van der Waals surface area contributed by atoms with Crippen molar-refractivity contribution in [1.82, 2.24) is 0 Å². The first-order valence-electron chi connectivity index (χ1n) is 4.25. The molecule has 82 valence electrons. The maximum absolute atomic E-state index is 11.1. The second kappa shape index (κ2) is 4.79. The first-order chi connectivity index (χ1) is 7.03. The quantitative estimate of drug-likeness (QED) is 0.778. The zero-order chi connectivity index (χ0) is 11.3. The first kappa shape index (κ1) is 11.5. The average Bonchev–Trinajstić information content (AvgIpc) is 2.17. The minimum atomic E-state index is -4.30. The number of benzene rings is 1. The average molecular weight is 230 g/mol. The standard InChI is InChI=1S/C9H10O5S/c1-2-9(10)14-15(11,12)13-8-6-4-3-5-7-8/h3-7H,2H2,1H3. The molecule has 15 heavy (non-hydrogen) atoms. The van der Waals surface area contributed by atoms with Gasteiger partial charge in [-0.1, -0.05) is 25.1 Å². The molecule has 6 heteroatoms. The monoisotopic (exact) mass is 230 g/mol. The van der Waals surface area contributed by atoms with E-state index in [-0.39, 0.29) is 12.2 Å². The van der Waals surface area contributed by atoms with Crippen molar-refractivity contribution in [3.63, 3.8) is 0 Å². The number of para-hydroxylation sites is 1. The number of carbonyl (C=O) groups excluding carboxylic acids is 1. The third-order valence-electron chi connectivity index (χ3n) is 1.43. The molecule has 5 nitrogen and oxygen atoms in total. The Labute approximate surface area is 88.0 Å². The summed E-state index contributed by atoms with van der Waals surface area (Å²) in [6, 6.07) is 7.80. The van der Waals surface area contributed by atoms with Crippen molar-refractivity contribution in [1.29, 1.82) is 0 Å². The van der Waals surface area contributed by atoms with Crippen molar-refractivity contribution in [3.05, 3.63) is 30.3 Å². The van der Waals surface area contributed by atoms with Crippen molar-refractivity contribution in [2.24, 2.45) is 0 Å². The second-order valence-electron chi connectivity index (χ2n) is 2.61. The van der Waals surface area contributed by atoms with Crippen LogP contribution in [0.5, 0.6) is 5.75 Å². The molecule has 0 aliphatic carbocycles. The van der Waals surface area contributed by atoms with Crippen LogP contribution in [0.3, 0.4) is 0 Å². The van der Waals surface area contributed by atoms with Crippen molar-refractivity contribution in [2.45, 2.75) is 13.3 Å². The Kier molecular flexibility index (Phi) is 3.68. The van der Waals surface area contributed by atoms with Gasteiger partial charge in [-0.3, -0.25) is 4.79 Å². The topological polar surface area (TPSA) is 69.7 Å². The van der Waals surface area contributed by atoms with Gasteiger partial charge in [-0.05, 0) is 12.1 Å². The molecular formula is C9H10O5S. The predicted octanol–water partition coefficient (Wildman–Crippen LogP) is 1.26. The Morgan fingerprint density at radius 2 is 1.87 bits per heavy atom. The maximum Gasteiger partial charge on any atom is 0.503 e. The third kappa shape index (κ3) is 3.99. The molecular weight excluding hydrogens is 220 g/mol. The summed E-state index contributed by atoms with van der Waals surface area (Å²) >= 11 is 0. The number of hydrogen-bond acceptors (Lipinski definition) is 5. The minimum Gasteiger partial charge on any atom is -0.353 e. The third-order valence-corrected chi connectivity index (χ3v) is 2.21. The summed E-state index contributed by atoms with van der Waals surface area (Å²) in [6.07, 6.45) is -0.0304. The van der Waals surface area contributed by atoms with Gasteiger partial charge in [0.05, 0.1) is 0 Å². The van der Waals surface area contributed by atoms with Crippen LogP contribution in [0.4, 0.5) is 0 Å². The Morgan fingerprint density at radius 3 is 2.40 bits per heavy atom. The molecule has 0 heterocycles. The van der Waals surface area contributed by atoms with Gasteiger partial charge < -0.3 is 8.37 Å².